The molecule has 0 bridgehead atoms. The lowest BCUT2D eigenvalue weighted by Gasteiger charge is -2.35. The number of allylic oxidation sites excluding steroid dienone is 1. The second-order valence-electron chi connectivity index (χ2n) is 12.2. The number of aryl methyl sites for hydroxylation is 1. The third kappa shape index (κ3) is 5.44. The average molecular weight is 597 g/mol. The van der Waals surface area contributed by atoms with Gasteiger partial charge >= 0.3 is 0 Å². The van der Waals surface area contributed by atoms with Crippen LogP contribution in [-0.2, 0) is 20.6 Å². The first kappa shape index (κ1) is 29.1. The van der Waals surface area contributed by atoms with Gasteiger partial charge in [-0.2, -0.15) is 4.39 Å². The summed E-state index contributed by atoms with van der Waals surface area (Å²) in [5.41, 5.74) is 7.56. The Morgan fingerprint density at radius 2 is 1.70 bits per heavy atom. The number of hydrogen-bond acceptors (Lipinski definition) is 6. The number of fused-ring (bicyclic) bond motifs is 3. The van der Waals surface area contributed by atoms with E-state index >= 15 is 4.39 Å². The van der Waals surface area contributed by atoms with Crippen molar-refractivity contribution in [3.8, 4) is 0 Å². The Morgan fingerprint density at radius 1 is 0.886 bits per heavy atom. The molecule has 2 aromatic carbocycles. The van der Waals surface area contributed by atoms with E-state index in [0.717, 1.165) is 98.1 Å². The van der Waals surface area contributed by atoms with Crippen LogP contribution in [0.2, 0.25) is 0 Å². The lowest BCUT2D eigenvalue weighted by atomic mass is 9.87. The molecule has 0 N–H and O–H groups in total. The van der Waals surface area contributed by atoms with Gasteiger partial charge in [0.1, 0.15) is 5.82 Å². The van der Waals surface area contributed by atoms with Crippen LogP contribution in [0.15, 0.2) is 60.8 Å². The van der Waals surface area contributed by atoms with E-state index in [4.69, 9.17) is 19.2 Å². The highest BCUT2D eigenvalue weighted by molar-refractivity contribution is 6.02. The number of piperidine rings is 1. The molecule has 2 aliphatic heterocycles. The van der Waals surface area contributed by atoms with Gasteiger partial charge in [-0.3, -0.25) is 0 Å². The Morgan fingerprint density at radius 3 is 2.41 bits per heavy atom. The second kappa shape index (κ2) is 12.8. The third-order valence-electron chi connectivity index (χ3n) is 9.66. The molecule has 2 saturated heterocycles. The van der Waals surface area contributed by atoms with E-state index in [-0.39, 0.29) is 12.5 Å². The van der Waals surface area contributed by atoms with E-state index in [9.17, 15) is 0 Å². The highest BCUT2D eigenvalue weighted by Gasteiger charge is 2.29. The molecule has 230 valence electrons. The minimum atomic E-state index is -0.408. The van der Waals surface area contributed by atoms with Crippen LogP contribution in [-0.4, -0.2) is 55.0 Å². The van der Waals surface area contributed by atoms with Crippen LogP contribution in [0.4, 0.5) is 10.2 Å². The molecule has 3 aliphatic rings. The monoisotopic (exact) mass is 596 g/mol. The second-order valence-corrected chi connectivity index (χ2v) is 12.2. The van der Waals surface area contributed by atoms with Gasteiger partial charge in [-0.25, -0.2) is 9.67 Å². The zero-order chi connectivity index (χ0) is 30.0. The summed E-state index contributed by atoms with van der Waals surface area (Å²) in [7, 11) is 3.42. The number of nitrogens with zero attached hydrogens (tertiary/aromatic N) is 4. The lowest BCUT2D eigenvalue weighted by molar-refractivity contribution is -0.141. The van der Waals surface area contributed by atoms with Crippen LogP contribution < -0.4 is 4.90 Å². The van der Waals surface area contributed by atoms with Crippen molar-refractivity contribution >= 4 is 27.9 Å². The molecule has 4 heterocycles. The number of ether oxygens (including phenoxy) is 3. The van der Waals surface area contributed by atoms with Crippen molar-refractivity contribution in [1.29, 1.82) is 0 Å². The van der Waals surface area contributed by atoms with E-state index < -0.39 is 5.95 Å². The summed E-state index contributed by atoms with van der Waals surface area (Å²) >= 11 is 0. The first-order valence-electron chi connectivity index (χ1n) is 16.0. The van der Waals surface area contributed by atoms with Gasteiger partial charge in [0.2, 0.25) is 5.95 Å². The normalized spacial score (nSPS) is 19.9. The Bertz CT molecular complexity index is 1620. The summed E-state index contributed by atoms with van der Waals surface area (Å²) in [6.07, 6.45) is 9.17. The van der Waals surface area contributed by atoms with E-state index in [0.29, 0.717) is 17.9 Å². The average Bonchev–Trinajstić information content (AvgIpc) is 3.30. The molecule has 0 amide bonds. The Labute approximate surface area is 258 Å². The quantitative estimate of drug-likeness (QED) is 0.207. The van der Waals surface area contributed by atoms with Gasteiger partial charge in [-0.1, -0.05) is 36.4 Å². The fourth-order valence-corrected chi connectivity index (χ4v) is 7.48. The topological polar surface area (TPSA) is 61.6 Å². The lowest BCUT2D eigenvalue weighted by Crippen LogP contribution is -2.39. The summed E-state index contributed by atoms with van der Waals surface area (Å²) in [5.74, 6) is 0.951. The number of hydrogen-bond donors (Lipinski definition) is 0. The predicted octanol–water partition coefficient (Wildman–Crippen LogP) is 7.40. The van der Waals surface area contributed by atoms with Crippen molar-refractivity contribution in [3.05, 3.63) is 89.0 Å². The highest BCUT2D eigenvalue weighted by atomic mass is 19.1. The molecule has 0 radical (unpaired) electrons. The standard InChI is InChI=1S/C36H41FN4O3/c1-42-36(43-2)25-18-20-40(21-19-25)31-17-14-26(23-38-31)33-27(24-9-4-3-5-10-24)11-8-12-28-29(33)15-16-30-34(28)35(37)39-41(30)32-13-6-7-22-44-32/h3-5,9-10,14-17,23,25,32,36H,6-8,11-13,18-22H2,1-2H3. The zero-order valence-electron chi connectivity index (χ0n) is 25.7. The Kier molecular flexibility index (Phi) is 8.47. The molecule has 44 heavy (non-hydrogen) atoms. The molecule has 7 nitrogen and oxygen atoms in total. The first-order valence-corrected chi connectivity index (χ1v) is 16.0. The fraction of sp³-hybridized carbons (Fsp3) is 0.444. The number of halogens is 1. The van der Waals surface area contributed by atoms with Crippen molar-refractivity contribution < 1.29 is 18.6 Å². The van der Waals surface area contributed by atoms with Gasteiger partial charge < -0.3 is 19.1 Å². The number of benzene rings is 2. The fourth-order valence-electron chi connectivity index (χ4n) is 7.48. The Balaban J connectivity index is 1.28. The van der Waals surface area contributed by atoms with Gasteiger partial charge in [0.25, 0.3) is 0 Å². The number of rotatable bonds is 7. The number of pyridine rings is 1. The molecule has 1 aliphatic carbocycles. The van der Waals surface area contributed by atoms with Crippen LogP contribution >= 0.6 is 0 Å². The van der Waals surface area contributed by atoms with Crippen molar-refractivity contribution in [2.24, 2.45) is 5.92 Å². The number of aromatic nitrogens is 3. The minimum Gasteiger partial charge on any atom is -0.357 e. The third-order valence-corrected chi connectivity index (χ3v) is 9.66. The van der Waals surface area contributed by atoms with Gasteiger partial charge in [-0.15, -0.1) is 5.10 Å². The van der Waals surface area contributed by atoms with E-state index in [1.165, 1.54) is 11.1 Å². The Hall–Kier alpha value is -3.59. The van der Waals surface area contributed by atoms with Gasteiger partial charge in [0.05, 0.1) is 10.9 Å². The van der Waals surface area contributed by atoms with Crippen molar-refractivity contribution in [3.63, 3.8) is 0 Å². The van der Waals surface area contributed by atoms with Gasteiger partial charge in [-0.05, 0) is 97.4 Å². The number of methoxy groups -OCH3 is 2. The smallest absolute Gasteiger partial charge is 0.240 e. The maximum atomic E-state index is 15.8. The SMILES string of the molecule is COC(OC)C1CCN(c2ccc(C3=C(c4ccccc4)CCCc4c3ccc3c4c(F)nn3C3CCCCO3)cn2)CC1. The summed E-state index contributed by atoms with van der Waals surface area (Å²) in [4.78, 5) is 7.33. The largest absolute Gasteiger partial charge is 0.357 e. The maximum Gasteiger partial charge on any atom is 0.240 e. The molecule has 1 unspecified atom stereocenters. The summed E-state index contributed by atoms with van der Waals surface area (Å²) < 4.78 is 34.6. The molecule has 1 atom stereocenters. The summed E-state index contributed by atoms with van der Waals surface area (Å²) in [6.45, 7) is 2.51. The molecule has 0 spiro atoms. The van der Waals surface area contributed by atoms with Crippen molar-refractivity contribution in [1.82, 2.24) is 14.8 Å². The van der Waals surface area contributed by atoms with Gasteiger partial charge in [0.15, 0.2) is 12.5 Å². The van der Waals surface area contributed by atoms with Crippen LogP contribution in [0.1, 0.15) is 73.4 Å². The highest BCUT2D eigenvalue weighted by Crippen LogP contribution is 2.43. The van der Waals surface area contributed by atoms with Crippen LogP contribution in [0, 0.1) is 11.9 Å². The zero-order valence-corrected chi connectivity index (χ0v) is 25.7. The van der Waals surface area contributed by atoms with Crippen molar-refractivity contribution in [2.45, 2.75) is 63.9 Å². The summed E-state index contributed by atoms with van der Waals surface area (Å²) in [5, 5.41) is 5.02. The number of anilines is 1. The predicted molar refractivity (Wildman–Crippen MR) is 171 cm³/mol. The summed E-state index contributed by atoms with van der Waals surface area (Å²) in [6, 6.07) is 19.1. The molecular weight excluding hydrogens is 555 g/mol. The van der Waals surface area contributed by atoms with Crippen LogP contribution in [0.25, 0.3) is 22.0 Å². The molecule has 2 fully saturated rings. The molecule has 4 aromatic rings. The van der Waals surface area contributed by atoms with E-state index in [1.54, 1.807) is 18.9 Å². The van der Waals surface area contributed by atoms with E-state index in [2.05, 4.69) is 58.5 Å². The minimum absolute atomic E-state index is 0.162. The van der Waals surface area contributed by atoms with Gasteiger partial charge in [0, 0.05) is 51.6 Å². The first-order chi connectivity index (χ1) is 21.7. The van der Waals surface area contributed by atoms with Crippen molar-refractivity contribution in [2.75, 3.05) is 38.8 Å². The molecule has 0 saturated carbocycles. The van der Waals surface area contributed by atoms with Crippen LogP contribution in [0.5, 0.6) is 0 Å². The molecule has 7 rings (SSSR count). The molecule has 2 aromatic heterocycles. The molecular formula is C36H41FN4O3. The maximum absolute atomic E-state index is 15.8. The van der Waals surface area contributed by atoms with Crippen LogP contribution in [0.3, 0.4) is 0 Å². The van der Waals surface area contributed by atoms with E-state index in [1.807, 2.05) is 12.3 Å². The molecule has 8 heteroatoms.